The third kappa shape index (κ3) is 4.59. The number of amides is 1. The van der Waals surface area contributed by atoms with Gasteiger partial charge in [0.25, 0.3) is 17.2 Å². The molecule has 4 N–H and O–H groups in total. The van der Waals surface area contributed by atoms with Gasteiger partial charge in [0.2, 0.25) is 5.82 Å². The summed E-state index contributed by atoms with van der Waals surface area (Å²) in [7, 11) is 0. The molecule has 0 aliphatic carbocycles. The van der Waals surface area contributed by atoms with Gasteiger partial charge in [-0.2, -0.15) is 5.10 Å². The highest BCUT2D eigenvalue weighted by molar-refractivity contribution is 5.84. The van der Waals surface area contributed by atoms with E-state index in [-0.39, 0.29) is 18.1 Å². The largest absolute Gasteiger partial charge is 0.355 e. The van der Waals surface area contributed by atoms with Gasteiger partial charge >= 0.3 is 5.69 Å². The number of carbonyl (C=O) groups excluding carboxylic acids is 1. The number of hydrazone groups is 1. The highest BCUT2D eigenvalue weighted by Gasteiger charge is 2.06. The van der Waals surface area contributed by atoms with Crippen molar-refractivity contribution in [3.63, 3.8) is 0 Å². The molecular weight excluding hydrogens is 322 g/mol. The average Bonchev–Trinajstić information content (AvgIpc) is 2.54. The zero-order valence-electron chi connectivity index (χ0n) is 12.0. The van der Waals surface area contributed by atoms with Crippen molar-refractivity contribution in [1.29, 1.82) is 0 Å². The molecule has 12 heteroatoms. The van der Waals surface area contributed by atoms with Crippen molar-refractivity contribution in [2.75, 3.05) is 11.9 Å². The van der Waals surface area contributed by atoms with Crippen LogP contribution in [0.2, 0.25) is 0 Å². The zero-order chi connectivity index (χ0) is 17.5. The van der Waals surface area contributed by atoms with E-state index in [1.54, 1.807) is 6.07 Å². The number of nitro groups is 1. The second kappa shape index (κ2) is 7.44. The van der Waals surface area contributed by atoms with Gasteiger partial charge in [0.1, 0.15) is 0 Å². The number of hydrogen-bond donors (Lipinski definition) is 4. The first-order valence-electron chi connectivity index (χ1n) is 6.45. The van der Waals surface area contributed by atoms with E-state index >= 15 is 0 Å². The van der Waals surface area contributed by atoms with E-state index in [0.717, 1.165) is 0 Å². The lowest BCUT2D eigenvalue weighted by Gasteiger charge is -2.02. The lowest BCUT2D eigenvalue weighted by atomic mass is 10.2. The molecule has 1 heterocycles. The Morgan fingerprint density at radius 1 is 1.42 bits per heavy atom. The maximum atomic E-state index is 11.6. The van der Waals surface area contributed by atoms with Crippen LogP contribution >= 0.6 is 0 Å². The highest BCUT2D eigenvalue weighted by atomic mass is 16.6. The molecule has 0 radical (unpaired) electrons. The van der Waals surface area contributed by atoms with Crippen LogP contribution in [0.5, 0.6) is 0 Å². The number of non-ortho nitro benzene ring substituents is 1. The number of benzene rings is 1. The van der Waals surface area contributed by atoms with Crippen LogP contribution in [-0.2, 0) is 4.79 Å². The molecule has 0 bridgehead atoms. The number of nitro benzene ring substituents is 1. The van der Waals surface area contributed by atoms with Gasteiger partial charge in [0.05, 0.1) is 17.7 Å². The molecule has 0 saturated heterocycles. The predicted molar refractivity (Wildman–Crippen MR) is 82.8 cm³/mol. The van der Waals surface area contributed by atoms with Crippen molar-refractivity contribution in [3.05, 3.63) is 60.8 Å². The summed E-state index contributed by atoms with van der Waals surface area (Å²) in [5.41, 5.74) is 0.954. The molecule has 1 amide bonds. The maximum Gasteiger partial charge on any atom is 0.342 e. The third-order valence-corrected chi connectivity index (χ3v) is 2.61. The fourth-order valence-electron chi connectivity index (χ4n) is 1.57. The summed E-state index contributed by atoms with van der Waals surface area (Å²) in [6.45, 7) is -0.325. The minimum Gasteiger partial charge on any atom is -0.355 e. The SMILES string of the molecule is O=C(CNc1n[nH]c(=O)[nH]c1=O)NN=Cc1cccc([N+](=O)[O-])c1. The standard InChI is InChI=1S/C12H11N7O5/c20-9(6-13-10-11(21)15-12(22)18-17-10)16-14-5-7-2-1-3-8(4-7)19(23)24/h1-5H,6H2,(H,13,17)(H,16,20)(H2,15,18,21,22). The number of nitrogens with zero attached hydrogens (tertiary/aromatic N) is 3. The lowest BCUT2D eigenvalue weighted by molar-refractivity contribution is -0.384. The van der Waals surface area contributed by atoms with Crippen LogP contribution in [0, 0.1) is 10.1 Å². The molecule has 2 rings (SSSR count). The molecule has 0 saturated carbocycles. The Hall–Kier alpha value is -3.83. The second-order valence-electron chi connectivity index (χ2n) is 4.35. The first-order chi connectivity index (χ1) is 11.5. The van der Waals surface area contributed by atoms with Crippen molar-refractivity contribution in [1.82, 2.24) is 20.6 Å². The van der Waals surface area contributed by atoms with Crippen molar-refractivity contribution in [2.24, 2.45) is 5.10 Å². The Labute approximate surface area is 132 Å². The van der Waals surface area contributed by atoms with Crippen LogP contribution in [0.3, 0.4) is 0 Å². The van der Waals surface area contributed by atoms with Crippen molar-refractivity contribution in [2.45, 2.75) is 0 Å². The van der Waals surface area contributed by atoms with Gasteiger partial charge in [-0.05, 0) is 0 Å². The van der Waals surface area contributed by atoms with Gasteiger partial charge in [0.15, 0.2) is 0 Å². The van der Waals surface area contributed by atoms with E-state index in [1.165, 1.54) is 24.4 Å². The fourth-order valence-corrected chi connectivity index (χ4v) is 1.57. The third-order valence-electron chi connectivity index (χ3n) is 2.61. The van der Waals surface area contributed by atoms with Gasteiger partial charge in [-0.15, -0.1) is 5.10 Å². The first-order valence-corrected chi connectivity index (χ1v) is 6.45. The number of nitrogens with one attached hydrogen (secondary N) is 4. The number of hydrogen-bond acceptors (Lipinski definition) is 8. The molecule has 0 fully saturated rings. The number of rotatable bonds is 6. The van der Waals surface area contributed by atoms with Gasteiger partial charge in [-0.25, -0.2) is 15.3 Å². The molecule has 24 heavy (non-hydrogen) atoms. The maximum absolute atomic E-state index is 11.6. The molecule has 1 aromatic carbocycles. The molecule has 2 aromatic rings. The van der Waals surface area contributed by atoms with Gasteiger partial charge in [-0.3, -0.25) is 24.7 Å². The first kappa shape index (κ1) is 16.5. The highest BCUT2D eigenvalue weighted by Crippen LogP contribution is 2.11. The quantitative estimate of drug-likeness (QED) is 0.295. The monoisotopic (exact) mass is 333 g/mol. The van der Waals surface area contributed by atoms with Crippen LogP contribution < -0.4 is 22.0 Å². The minimum atomic E-state index is -0.772. The fraction of sp³-hybridized carbons (Fsp3) is 0.0833. The summed E-state index contributed by atoms with van der Waals surface area (Å²) < 4.78 is 0. The van der Waals surface area contributed by atoms with E-state index in [4.69, 9.17) is 0 Å². The van der Waals surface area contributed by atoms with Gasteiger partial charge < -0.3 is 5.32 Å². The van der Waals surface area contributed by atoms with Crippen LogP contribution in [0.4, 0.5) is 11.5 Å². The van der Waals surface area contributed by atoms with Crippen LogP contribution in [0.1, 0.15) is 5.56 Å². The molecular formula is C12H11N7O5. The minimum absolute atomic E-state index is 0.102. The second-order valence-corrected chi connectivity index (χ2v) is 4.35. The topological polar surface area (TPSA) is 175 Å². The average molecular weight is 333 g/mol. The zero-order valence-corrected chi connectivity index (χ0v) is 12.0. The Kier molecular flexibility index (Phi) is 5.13. The Morgan fingerprint density at radius 2 is 2.21 bits per heavy atom. The number of aromatic amines is 2. The number of anilines is 1. The van der Waals surface area contributed by atoms with E-state index in [9.17, 15) is 24.5 Å². The van der Waals surface area contributed by atoms with E-state index in [2.05, 4.69) is 20.9 Å². The Balaban J connectivity index is 1.89. The molecule has 0 aliphatic rings. The van der Waals surface area contributed by atoms with Crippen molar-refractivity contribution < 1.29 is 9.72 Å². The van der Waals surface area contributed by atoms with Crippen LogP contribution in [-0.4, -0.2) is 38.8 Å². The molecule has 124 valence electrons. The summed E-state index contributed by atoms with van der Waals surface area (Å²) in [5.74, 6) is -0.823. The van der Waals surface area contributed by atoms with Crippen LogP contribution in [0.25, 0.3) is 0 Å². The molecule has 0 spiro atoms. The summed E-state index contributed by atoms with van der Waals surface area (Å²) in [6.07, 6.45) is 1.23. The van der Waals surface area contributed by atoms with Gasteiger partial charge in [0, 0.05) is 17.7 Å². The summed E-state index contributed by atoms with van der Waals surface area (Å²) in [4.78, 5) is 45.7. The molecule has 0 unspecified atom stereocenters. The summed E-state index contributed by atoms with van der Waals surface area (Å²) >= 11 is 0. The van der Waals surface area contributed by atoms with Crippen LogP contribution in [0.15, 0.2) is 39.0 Å². The normalized spacial score (nSPS) is 10.5. The molecule has 1 aromatic heterocycles. The Bertz CT molecular complexity index is 901. The number of H-pyrrole nitrogens is 2. The molecule has 0 aliphatic heterocycles. The number of aromatic nitrogens is 3. The number of carbonyl (C=O) groups is 1. The Morgan fingerprint density at radius 3 is 2.92 bits per heavy atom. The lowest BCUT2D eigenvalue weighted by Crippen LogP contribution is -2.31. The van der Waals surface area contributed by atoms with E-state index < -0.39 is 22.1 Å². The summed E-state index contributed by atoms with van der Waals surface area (Å²) in [6, 6.07) is 5.67. The molecule has 12 nitrogen and oxygen atoms in total. The van der Waals surface area contributed by atoms with E-state index in [0.29, 0.717) is 5.56 Å². The predicted octanol–water partition coefficient (Wildman–Crippen LogP) is -1.07. The summed E-state index contributed by atoms with van der Waals surface area (Å²) in [5, 5.41) is 22.1. The van der Waals surface area contributed by atoms with Crippen molar-refractivity contribution >= 4 is 23.6 Å². The smallest absolute Gasteiger partial charge is 0.342 e. The van der Waals surface area contributed by atoms with Gasteiger partial charge in [-0.1, -0.05) is 12.1 Å². The van der Waals surface area contributed by atoms with Crippen molar-refractivity contribution in [3.8, 4) is 0 Å². The van der Waals surface area contributed by atoms with E-state index in [1.807, 2.05) is 10.1 Å². The molecule has 0 atom stereocenters.